The minimum absolute atomic E-state index is 0.275. The molecule has 0 unspecified atom stereocenters. The highest BCUT2D eigenvalue weighted by Gasteiger charge is 2.28. The van der Waals surface area contributed by atoms with Gasteiger partial charge in [-0.2, -0.15) is 5.10 Å². The summed E-state index contributed by atoms with van der Waals surface area (Å²) in [6.45, 7) is 4.39. The summed E-state index contributed by atoms with van der Waals surface area (Å²) in [5.74, 6) is 1.06. The van der Waals surface area contributed by atoms with Crippen LogP contribution in [0.2, 0.25) is 0 Å². The van der Waals surface area contributed by atoms with E-state index in [1.165, 1.54) is 0 Å². The van der Waals surface area contributed by atoms with E-state index < -0.39 is 0 Å². The van der Waals surface area contributed by atoms with Gasteiger partial charge in [-0.3, -0.25) is 0 Å². The van der Waals surface area contributed by atoms with Crippen LogP contribution in [0, 0.1) is 0 Å². The number of aromatic nitrogens is 3. The Morgan fingerprint density at radius 3 is 2.78 bits per heavy atom. The van der Waals surface area contributed by atoms with Crippen molar-refractivity contribution in [1.29, 1.82) is 0 Å². The molecule has 0 aromatic carbocycles. The number of rotatable bonds is 2. The highest BCUT2D eigenvalue weighted by atomic mass is 15.3. The monoisotopic (exact) mass is 245 g/mol. The minimum atomic E-state index is 0.275. The molecule has 3 heterocycles. The number of piperidine rings is 1. The fourth-order valence-corrected chi connectivity index (χ4v) is 2.46. The topological polar surface area (TPSA) is 45.5 Å². The lowest BCUT2D eigenvalue weighted by Crippen LogP contribution is -2.50. The van der Waals surface area contributed by atoms with Crippen LogP contribution < -0.4 is 10.2 Å². The zero-order valence-corrected chi connectivity index (χ0v) is 10.9. The van der Waals surface area contributed by atoms with E-state index in [2.05, 4.69) is 27.2 Å². The molecule has 96 valence electrons. The molecule has 0 aliphatic carbocycles. The predicted octanol–water partition coefficient (Wildman–Crippen LogP) is 1.31. The number of nitrogens with one attached hydrogen (secondary N) is 1. The molecule has 0 bridgehead atoms. The van der Waals surface area contributed by atoms with Crippen molar-refractivity contribution >= 4 is 11.5 Å². The first-order valence-corrected chi connectivity index (χ1v) is 6.44. The van der Waals surface area contributed by atoms with Crippen molar-refractivity contribution in [2.45, 2.75) is 25.3 Å². The van der Waals surface area contributed by atoms with E-state index in [1.807, 2.05) is 25.4 Å². The highest BCUT2D eigenvalue weighted by Crippen LogP contribution is 2.24. The lowest BCUT2D eigenvalue weighted by atomic mass is 9.90. The predicted molar refractivity (Wildman–Crippen MR) is 71.9 cm³/mol. The standard InChI is InChI=1S/C13H19N5/c1-13(14-2)5-9-17(10-6-13)11-4-8-18-12(16-11)3-7-15-18/h3-4,7-8,14H,5-6,9-10H2,1-2H3. The average Bonchev–Trinajstić information content (AvgIpc) is 2.87. The van der Waals surface area contributed by atoms with Gasteiger partial charge in [-0.05, 0) is 32.9 Å². The van der Waals surface area contributed by atoms with Gasteiger partial charge in [0.15, 0.2) is 5.65 Å². The van der Waals surface area contributed by atoms with Crippen molar-refractivity contribution in [3.63, 3.8) is 0 Å². The third-order valence-electron chi connectivity index (χ3n) is 4.04. The van der Waals surface area contributed by atoms with Crippen LogP contribution in [-0.2, 0) is 0 Å². The van der Waals surface area contributed by atoms with Gasteiger partial charge < -0.3 is 10.2 Å². The molecule has 1 aliphatic rings. The molecular formula is C13H19N5. The molecule has 1 aliphatic heterocycles. The first-order valence-electron chi connectivity index (χ1n) is 6.44. The molecule has 1 N–H and O–H groups in total. The van der Waals surface area contributed by atoms with Gasteiger partial charge >= 0.3 is 0 Å². The Kier molecular flexibility index (Phi) is 2.70. The lowest BCUT2D eigenvalue weighted by molar-refractivity contribution is 0.304. The van der Waals surface area contributed by atoms with Crippen molar-refractivity contribution < 1.29 is 0 Å². The third-order valence-corrected chi connectivity index (χ3v) is 4.04. The van der Waals surface area contributed by atoms with Gasteiger partial charge in [-0.1, -0.05) is 0 Å². The van der Waals surface area contributed by atoms with Gasteiger partial charge in [-0.15, -0.1) is 0 Å². The maximum Gasteiger partial charge on any atom is 0.157 e. The Morgan fingerprint density at radius 2 is 2.06 bits per heavy atom. The Bertz CT molecular complexity index is 539. The SMILES string of the molecule is CNC1(C)CCN(c2ccn3nccc3n2)CC1. The zero-order chi connectivity index (χ0) is 12.6. The van der Waals surface area contributed by atoms with E-state index in [4.69, 9.17) is 0 Å². The number of hydrogen-bond acceptors (Lipinski definition) is 4. The fourth-order valence-electron chi connectivity index (χ4n) is 2.46. The molecule has 1 saturated heterocycles. The van der Waals surface area contributed by atoms with E-state index in [9.17, 15) is 0 Å². The Balaban J connectivity index is 1.79. The molecular weight excluding hydrogens is 226 g/mol. The average molecular weight is 245 g/mol. The van der Waals surface area contributed by atoms with Crippen molar-refractivity contribution in [3.05, 3.63) is 24.5 Å². The van der Waals surface area contributed by atoms with Gasteiger partial charge in [-0.25, -0.2) is 9.50 Å². The van der Waals surface area contributed by atoms with Crippen LogP contribution in [0.25, 0.3) is 5.65 Å². The molecule has 1 fully saturated rings. The minimum Gasteiger partial charge on any atom is -0.356 e. The number of fused-ring (bicyclic) bond motifs is 1. The fraction of sp³-hybridized carbons (Fsp3) is 0.538. The second-order valence-electron chi connectivity index (χ2n) is 5.22. The molecule has 0 saturated carbocycles. The summed E-state index contributed by atoms with van der Waals surface area (Å²) in [7, 11) is 2.05. The van der Waals surface area contributed by atoms with E-state index in [1.54, 1.807) is 10.7 Å². The molecule has 0 amide bonds. The van der Waals surface area contributed by atoms with Crippen molar-refractivity contribution in [3.8, 4) is 0 Å². The summed E-state index contributed by atoms with van der Waals surface area (Å²) in [5.41, 5.74) is 1.19. The molecule has 2 aromatic rings. The van der Waals surface area contributed by atoms with Crippen molar-refractivity contribution in [1.82, 2.24) is 19.9 Å². The van der Waals surface area contributed by atoms with E-state index >= 15 is 0 Å². The van der Waals surface area contributed by atoms with Gasteiger partial charge in [0, 0.05) is 30.9 Å². The molecule has 5 nitrogen and oxygen atoms in total. The van der Waals surface area contributed by atoms with E-state index in [-0.39, 0.29) is 5.54 Å². The summed E-state index contributed by atoms with van der Waals surface area (Å²) < 4.78 is 1.80. The molecule has 5 heteroatoms. The number of nitrogens with zero attached hydrogens (tertiary/aromatic N) is 4. The normalized spacial score (nSPS) is 19.3. The Hall–Kier alpha value is -1.62. The molecule has 2 aromatic heterocycles. The molecule has 0 spiro atoms. The molecule has 18 heavy (non-hydrogen) atoms. The summed E-state index contributed by atoms with van der Waals surface area (Å²) in [5, 5.41) is 7.58. The molecule has 0 atom stereocenters. The van der Waals surface area contributed by atoms with Gasteiger partial charge in [0.25, 0.3) is 0 Å². The molecule has 3 rings (SSSR count). The van der Waals surface area contributed by atoms with Gasteiger partial charge in [0.2, 0.25) is 0 Å². The van der Waals surface area contributed by atoms with Crippen LogP contribution >= 0.6 is 0 Å². The van der Waals surface area contributed by atoms with Gasteiger partial charge in [0.05, 0.1) is 6.20 Å². The smallest absolute Gasteiger partial charge is 0.157 e. The lowest BCUT2D eigenvalue weighted by Gasteiger charge is -2.39. The first kappa shape index (κ1) is 11.5. The number of anilines is 1. The van der Waals surface area contributed by atoms with Crippen LogP contribution in [0.3, 0.4) is 0 Å². The van der Waals surface area contributed by atoms with Crippen LogP contribution in [0.1, 0.15) is 19.8 Å². The van der Waals surface area contributed by atoms with Crippen molar-refractivity contribution in [2.75, 3.05) is 25.0 Å². The van der Waals surface area contributed by atoms with E-state index in [0.29, 0.717) is 0 Å². The summed E-state index contributed by atoms with van der Waals surface area (Å²) in [4.78, 5) is 6.99. The summed E-state index contributed by atoms with van der Waals surface area (Å²) in [6, 6.07) is 3.98. The largest absolute Gasteiger partial charge is 0.356 e. The molecule has 0 radical (unpaired) electrons. The van der Waals surface area contributed by atoms with Crippen molar-refractivity contribution in [2.24, 2.45) is 0 Å². The third kappa shape index (κ3) is 1.95. The maximum atomic E-state index is 4.64. The summed E-state index contributed by atoms with van der Waals surface area (Å²) >= 11 is 0. The summed E-state index contributed by atoms with van der Waals surface area (Å²) in [6.07, 6.45) is 6.05. The Labute approximate surface area is 107 Å². The first-order chi connectivity index (χ1) is 8.70. The van der Waals surface area contributed by atoms with Crippen LogP contribution in [-0.4, -0.2) is 40.3 Å². The second kappa shape index (κ2) is 4.24. The van der Waals surface area contributed by atoms with Gasteiger partial charge in [0.1, 0.15) is 5.82 Å². The second-order valence-corrected chi connectivity index (χ2v) is 5.22. The zero-order valence-electron chi connectivity index (χ0n) is 10.9. The quantitative estimate of drug-likeness (QED) is 0.866. The van der Waals surface area contributed by atoms with E-state index in [0.717, 1.165) is 37.4 Å². The van der Waals surface area contributed by atoms with Crippen LogP contribution in [0.15, 0.2) is 24.5 Å². The van der Waals surface area contributed by atoms with Crippen LogP contribution in [0.5, 0.6) is 0 Å². The Morgan fingerprint density at radius 1 is 1.28 bits per heavy atom. The maximum absolute atomic E-state index is 4.64. The van der Waals surface area contributed by atoms with Crippen LogP contribution in [0.4, 0.5) is 5.82 Å². The number of hydrogen-bond donors (Lipinski definition) is 1. The highest BCUT2D eigenvalue weighted by molar-refractivity contribution is 5.47.